The topological polar surface area (TPSA) is 56.0 Å². The Bertz CT molecular complexity index is 262. The zero-order chi connectivity index (χ0) is 7.56. The molecule has 1 heterocycles. The van der Waals surface area contributed by atoms with Gasteiger partial charge in [0.2, 0.25) is 0 Å². The quantitative estimate of drug-likeness (QED) is 0.640. The average molecular weight is 156 g/mol. The molecule has 1 atom stereocenters. The van der Waals surface area contributed by atoms with E-state index in [1.807, 2.05) is 0 Å². The fourth-order valence-electron chi connectivity index (χ4n) is 0.646. The van der Waals surface area contributed by atoms with Gasteiger partial charge in [-0.15, -0.1) is 0 Å². The molecule has 0 aliphatic heterocycles. The molecule has 1 rings (SSSR count). The summed E-state index contributed by atoms with van der Waals surface area (Å²) < 4.78 is 10.9. The molecule has 0 saturated carbocycles. The van der Waals surface area contributed by atoms with Crippen LogP contribution in [0.4, 0.5) is 5.82 Å². The van der Waals surface area contributed by atoms with Crippen LogP contribution in [0.15, 0.2) is 23.2 Å². The molecule has 0 amide bonds. The maximum absolute atomic E-state index is 10.9. The van der Waals surface area contributed by atoms with Crippen molar-refractivity contribution in [1.82, 2.24) is 4.98 Å². The predicted octanol–water partition coefficient (Wildman–Crippen LogP) is 0.401. The van der Waals surface area contributed by atoms with Crippen molar-refractivity contribution in [1.29, 1.82) is 0 Å². The first-order valence-corrected chi connectivity index (χ1v) is 4.31. The SMILES string of the molecule is CS(=O)c1cccnc1N. The Balaban J connectivity index is 3.15. The number of hydrogen-bond acceptors (Lipinski definition) is 3. The van der Waals surface area contributed by atoms with Crippen molar-refractivity contribution in [3.05, 3.63) is 18.3 Å². The van der Waals surface area contributed by atoms with E-state index >= 15 is 0 Å². The third kappa shape index (κ3) is 1.33. The molecule has 3 nitrogen and oxygen atoms in total. The Kier molecular flexibility index (Phi) is 2.01. The molecule has 0 spiro atoms. The summed E-state index contributed by atoms with van der Waals surface area (Å²) in [6.45, 7) is 0. The van der Waals surface area contributed by atoms with E-state index in [-0.39, 0.29) is 0 Å². The first-order valence-electron chi connectivity index (χ1n) is 2.75. The van der Waals surface area contributed by atoms with E-state index < -0.39 is 10.8 Å². The van der Waals surface area contributed by atoms with Crippen LogP contribution in [0.1, 0.15) is 0 Å². The zero-order valence-corrected chi connectivity index (χ0v) is 6.39. The zero-order valence-electron chi connectivity index (χ0n) is 5.57. The molecule has 4 heteroatoms. The summed E-state index contributed by atoms with van der Waals surface area (Å²) >= 11 is 0. The van der Waals surface area contributed by atoms with Crippen molar-refractivity contribution in [3.63, 3.8) is 0 Å². The molecule has 0 aliphatic carbocycles. The Hall–Kier alpha value is -0.900. The highest BCUT2D eigenvalue weighted by Crippen LogP contribution is 2.09. The number of nitrogen functional groups attached to an aromatic ring is 1. The van der Waals surface area contributed by atoms with Gasteiger partial charge in [0.05, 0.1) is 15.7 Å². The molecule has 0 aromatic carbocycles. The van der Waals surface area contributed by atoms with E-state index in [0.717, 1.165) is 0 Å². The van der Waals surface area contributed by atoms with Gasteiger partial charge in [-0.05, 0) is 12.1 Å². The number of rotatable bonds is 1. The number of aromatic nitrogens is 1. The predicted molar refractivity (Wildman–Crippen MR) is 41.0 cm³/mol. The van der Waals surface area contributed by atoms with E-state index in [2.05, 4.69) is 4.98 Å². The standard InChI is InChI=1S/C6H8N2OS/c1-10(9)5-3-2-4-8-6(5)7/h2-4H,1H3,(H2,7,8). The molecular weight excluding hydrogens is 148 g/mol. The lowest BCUT2D eigenvalue weighted by Crippen LogP contribution is -1.97. The van der Waals surface area contributed by atoms with Gasteiger partial charge in [0, 0.05) is 12.5 Å². The second-order valence-electron chi connectivity index (χ2n) is 1.84. The van der Waals surface area contributed by atoms with Gasteiger partial charge >= 0.3 is 0 Å². The van der Waals surface area contributed by atoms with Crippen molar-refractivity contribution >= 4 is 16.6 Å². The van der Waals surface area contributed by atoms with Crippen LogP contribution in [0, 0.1) is 0 Å². The number of hydrogen-bond donors (Lipinski definition) is 1. The summed E-state index contributed by atoms with van der Waals surface area (Å²) in [5.74, 6) is 0.350. The van der Waals surface area contributed by atoms with Crippen LogP contribution in [0.5, 0.6) is 0 Å². The minimum atomic E-state index is -1.03. The van der Waals surface area contributed by atoms with Crippen LogP contribution in [0.25, 0.3) is 0 Å². The van der Waals surface area contributed by atoms with Crippen molar-refractivity contribution < 1.29 is 4.21 Å². The summed E-state index contributed by atoms with van der Waals surface area (Å²) in [5, 5.41) is 0. The molecule has 0 aliphatic rings. The Morgan fingerprint density at radius 1 is 1.70 bits per heavy atom. The number of nitrogens with two attached hydrogens (primary N) is 1. The fourth-order valence-corrected chi connectivity index (χ4v) is 1.26. The Labute approximate surface area is 61.7 Å². The van der Waals surface area contributed by atoms with E-state index in [1.165, 1.54) is 0 Å². The Morgan fingerprint density at radius 3 is 2.80 bits per heavy atom. The highest BCUT2D eigenvalue weighted by atomic mass is 32.2. The van der Waals surface area contributed by atoms with Crippen LogP contribution in [-0.4, -0.2) is 15.4 Å². The number of anilines is 1. The van der Waals surface area contributed by atoms with Crippen LogP contribution in [0.2, 0.25) is 0 Å². The summed E-state index contributed by atoms with van der Waals surface area (Å²) in [6, 6.07) is 3.42. The summed E-state index contributed by atoms with van der Waals surface area (Å²) in [4.78, 5) is 4.38. The van der Waals surface area contributed by atoms with Gasteiger partial charge < -0.3 is 5.73 Å². The lowest BCUT2D eigenvalue weighted by atomic mass is 10.5. The second kappa shape index (κ2) is 2.79. The van der Waals surface area contributed by atoms with Gasteiger partial charge in [-0.2, -0.15) is 0 Å². The number of pyridine rings is 1. The molecule has 0 fully saturated rings. The smallest absolute Gasteiger partial charge is 0.139 e. The third-order valence-electron chi connectivity index (χ3n) is 1.11. The first-order chi connectivity index (χ1) is 4.72. The van der Waals surface area contributed by atoms with Crippen LogP contribution in [-0.2, 0) is 10.8 Å². The van der Waals surface area contributed by atoms with E-state index in [4.69, 9.17) is 5.73 Å². The molecule has 10 heavy (non-hydrogen) atoms. The van der Waals surface area contributed by atoms with Gasteiger partial charge in [0.15, 0.2) is 0 Å². The van der Waals surface area contributed by atoms with Crippen molar-refractivity contribution in [2.45, 2.75) is 4.90 Å². The molecule has 1 aromatic heterocycles. The second-order valence-corrected chi connectivity index (χ2v) is 3.19. The number of nitrogens with zero attached hydrogens (tertiary/aromatic N) is 1. The van der Waals surface area contributed by atoms with Gasteiger partial charge in [-0.25, -0.2) is 4.98 Å². The van der Waals surface area contributed by atoms with E-state index in [0.29, 0.717) is 10.7 Å². The van der Waals surface area contributed by atoms with E-state index in [9.17, 15) is 4.21 Å². The van der Waals surface area contributed by atoms with Gasteiger partial charge in [0.1, 0.15) is 5.82 Å². The van der Waals surface area contributed by atoms with E-state index in [1.54, 1.807) is 24.6 Å². The van der Waals surface area contributed by atoms with Crippen molar-refractivity contribution in [3.8, 4) is 0 Å². The maximum atomic E-state index is 10.9. The summed E-state index contributed by atoms with van der Waals surface area (Å²) in [7, 11) is -1.03. The highest BCUT2D eigenvalue weighted by Gasteiger charge is 2.00. The lowest BCUT2D eigenvalue weighted by molar-refractivity contribution is 0.687. The molecule has 0 bridgehead atoms. The summed E-state index contributed by atoms with van der Waals surface area (Å²) in [6.07, 6.45) is 3.15. The Morgan fingerprint density at radius 2 is 2.40 bits per heavy atom. The molecule has 1 unspecified atom stereocenters. The minimum Gasteiger partial charge on any atom is -0.383 e. The van der Waals surface area contributed by atoms with Gasteiger partial charge in [-0.3, -0.25) is 4.21 Å². The van der Waals surface area contributed by atoms with Crippen molar-refractivity contribution in [2.75, 3.05) is 12.0 Å². The molecule has 54 valence electrons. The van der Waals surface area contributed by atoms with Crippen LogP contribution < -0.4 is 5.73 Å². The maximum Gasteiger partial charge on any atom is 0.139 e. The molecule has 1 aromatic rings. The molecule has 0 radical (unpaired) electrons. The monoisotopic (exact) mass is 156 g/mol. The average Bonchev–Trinajstić information content (AvgIpc) is 1.88. The molecular formula is C6H8N2OS. The minimum absolute atomic E-state index is 0.350. The normalized spacial score (nSPS) is 12.9. The van der Waals surface area contributed by atoms with Gasteiger partial charge in [-0.1, -0.05) is 0 Å². The van der Waals surface area contributed by atoms with Crippen molar-refractivity contribution in [2.24, 2.45) is 0 Å². The fraction of sp³-hybridized carbons (Fsp3) is 0.167. The highest BCUT2D eigenvalue weighted by molar-refractivity contribution is 7.84. The molecule has 2 N–H and O–H groups in total. The third-order valence-corrected chi connectivity index (χ3v) is 2.07. The molecule has 0 saturated heterocycles. The largest absolute Gasteiger partial charge is 0.383 e. The van der Waals surface area contributed by atoms with Crippen LogP contribution >= 0.6 is 0 Å². The first kappa shape index (κ1) is 7.21. The van der Waals surface area contributed by atoms with Gasteiger partial charge in [0.25, 0.3) is 0 Å². The lowest BCUT2D eigenvalue weighted by Gasteiger charge is -1.97. The van der Waals surface area contributed by atoms with Crippen LogP contribution in [0.3, 0.4) is 0 Å². The summed E-state index contributed by atoms with van der Waals surface area (Å²) in [5.41, 5.74) is 5.42.